The molecule has 1 aromatic carbocycles. The van der Waals surface area contributed by atoms with Gasteiger partial charge in [-0.25, -0.2) is 4.98 Å². The van der Waals surface area contributed by atoms with E-state index in [1.807, 2.05) is 6.07 Å². The van der Waals surface area contributed by atoms with Crippen molar-refractivity contribution in [3.8, 4) is 5.69 Å². The standard InChI is InChI=1S/C18H25N3/c1-14-13-21(16-9-5-4-6-10-16)17(19-14)20-15-8-7-11-18(2,3)12-15/h4-6,9-10,13,15H,7-8,11-12H2,1-3H3,(H,19,20). The van der Waals surface area contributed by atoms with E-state index < -0.39 is 0 Å². The third kappa shape index (κ3) is 3.29. The number of rotatable bonds is 3. The Morgan fingerprint density at radius 1 is 1.24 bits per heavy atom. The van der Waals surface area contributed by atoms with Gasteiger partial charge in [0.1, 0.15) is 0 Å². The molecule has 0 radical (unpaired) electrons. The molecule has 1 aromatic heterocycles. The number of hydrogen-bond acceptors (Lipinski definition) is 2. The van der Waals surface area contributed by atoms with E-state index in [1.165, 1.54) is 25.7 Å². The molecule has 0 aliphatic heterocycles. The molecule has 0 saturated heterocycles. The first kappa shape index (κ1) is 14.2. The van der Waals surface area contributed by atoms with Crippen LogP contribution in [0.4, 0.5) is 5.95 Å². The maximum atomic E-state index is 4.68. The molecule has 112 valence electrons. The van der Waals surface area contributed by atoms with Crippen molar-refractivity contribution in [3.63, 3.8) is 0 Å². The summed E-state index contributed by atoms with van der Waals surface area (Å²) in [4.78, 5) is 4.68. The number of para-hydroxylation sites is 1. The molecule has 3 heteroatoms. The summed E-state index contributed by atoms with van der Waals surface area (Å²) in [6, 6.07) is 11.0. The minimum absolute atomic E-state index is 0.440. The smallest absolute Gasteiger partial charge is 0.207 e. The molecule has 2 aromatic rings. The summed E-state index contributed by atoms with van der Waals surface area (Å²) >= 11 is 0. The van der Waals surface area contributed by atoms with Gasteiger partial charge in [-0.1, -0.05) is 38.5 Å². The highest BCUT2D eigenvalue weighted by molar-refractivity contribution is 5.43. The van der Waals surface area contributed by atoms with E-state index in [0.717, 1.165) is 17.3 Å². The van der Waals surface area contributed by atoms with E-state index in [9.17, 15) is 0 Å². The van der Waals surface area contributed by atoms with Crippen LogP contribution in [0.5, 0.6) is 0 Å². The van der Waals surface area contributed by atoms with Gasteiger partial charge in [-0.3, -0.25) is 4.57 Å². The first-order chi connectivity index (χ1) is 10.0. The van der Waals surface area contributed by atoms with Gasteiger partial charge in [0.15, 0.2) is 0 Å². The van der Waals surface area contributed by atoms with Gasteiger partial charge >= 0.3 is 0 Å². The Morgan fingerprint density at radius 3 is 2.71 bits per heavy atom. The van der Waals surface area contributed by atoms with Crippen LogP contribution >= 0.6 is 0 Å². The van der Waals surface area contributed by atoms with Crippen LogP contribution in [0.2, 0.25) is 0 Å². The number of anilines is 1. The highest BCUT2D eigenvalue weighted by atomic mass is 15.2. The van der Waals surface area contributed by atoms with Crippen LogP contribution in [0.3, 0.4) is 0 Å². The molecule has 0 spiro atoms. The van der Waals surface area contributed by atoms with Crippen LogP contribution in [0.25, 0.3) is 5.69 Å². The van der Waals surface area contributed by atoms with Crippen molar-refractivity contribution in [3.05, 3.63) is 42.2 Å². The molecule has 1 atom stereocenters. The van der Waals surface area contributed by atoms with Crippen LogP contribution in [0.1, 0.15) is 45.2 Å². The molecule has 0 amide bonds. The van der Waals surface area contributed by atoms with Gasteiger partial charge < -0.3 is 5.32 Å². The van der Waals surface area contributed by atoms with Gasteiger partial charge in [0.05, 0.1) is 5.69 Å². The lowest BCUT2D eigenvalue weighted by atomic mass is 9.75. The maximum absolute atomic E-state index is 4.68. The fraction of sp³-hybridized carbons (Fsp3) is 0.500. The summed E-state index contributed by atoms with van der Waals surface area (Å²) in [6.07, 6.45) is 7.19. The van der Waals surface area contributed by atoms with Crippen LogP contribution in [-0.2, 0) is 0 Å². The number of hydrogen-bond donors (Lipinski definition) is 1. The van der Waals surface area contributed by atoms with Crippen molar-refractivity contribution >= 4 is 5.95 Å². The summed E-state index contributed by atoms with van der Waals surface area (Å²) in [5, 5.41) is 3.68. The minimum Gasteiger partial charge on any atom is -0.353 e. The zero-order valence-corrected chi connectivity index (χ0v) is 13.3. The lowest BCUT2D eigenvalue weighted by Gasteiger charge is -2.35. The zero-order valence-electron chi connectivity index (χ0n) is 13.3. The van der Waals surface area contributed by atoms with E-state index >= 15 is 0 Å². The average Bonchev–Trinajstić information content (AvgIpc) is 2.79. The molecular formula is C18H25N3. The topological polar surface area (TPSA) is 29.9 Å². The molecule has 3 nitrogen and oxygen atoms in total. The third-order valence-electron chi connectivity index (χ3n) is 4.40. The van der Waals surface area contributed by atoms with Crippen LogP contribution in [0, 0.1) is 12.3 Å². The van der Waals surface area contributed by atoms with E-state index in [4.69, 9.17) is 0 Å². The SMILES string of the molecule is Cc1cn(-c2ccccc2)c(NC2CCCC(C)(C)C2)n1. The highest BCUT2D eigenvalue weighted by Gasteiger charge is 2.28. The second-order valence-corrected chi connectivity index (χ2v) is 7.01. The first-order valence-corrected chi connectivity index (χ1v) is 7.91. The molecular weight excluding hydrogens is 258 g/mol. The van der Waals surface area contributed by atoms with E-state index in [2.05, 4.69) is 66.1 Å². The Hall–Kier alpha value is -1.77. The molecule has 1 aliphatic rings. The molecule has 3 rings (SSSR count). The molecule has 1 fully saturated rings. The Balaban J connectivity index is 1.83. The van der Waals surface area contributed by atoms with Crippen molar-refractivity contribution in [2.45, 2.75) is 52.5 Å². The summed E-state index contributed by atoms with van der Waals surface area (Å²) in [5.74, 6) is 0.974. The van der Waals surface area contributed by atoms with Gasteiger partial charge in [0, 0.05) is 17.9 Å². The Bertz CT molecular complexity index is 598. The number of aryl methyl sites for hydroxylation is 1. The van der Waals surface area contributed by atoms with Crippen LogP contribution < -0.4 is 5.32 Å². The van der Waals surface area contributed by atoms with Crippen molar-refractivity contribution in [2.75, 3.05) is 5.32 Å². The predicted octanol–water partition coefficient (Wildman–Crippen LogP) is 4.56. The lowest BCUT2D eigenvalue weighted by Crippen LogP contribution is -2.32. The third-order valence-corrected chi connectivity index (χ3v) is 4.40. The highest BCUT2D eigenvalue weighted by Crippen LogP contribution is 2.36. The second kappa shape index (κ2) is 5.55. The van der Waals surface area contributed by atoms with Gasteiger partial charge in [-0.05, 0) is 43.7 Å². The molecule has 1 N–H and O–H groups in total. The fourth-order valence-electron chi connectivity index (χ4n) is 3.39. The summed E-state index contributed by atoms with van der Waals surface area (Å²) in [6.45, 7) is 6.79. The molecule has 1 heterocycles. The molecule has 1 aliphatic carbocycles. The largest absolute Gasteiger partial charge is 0.353 e. The molecule has 1 saturated carbocycles. The average molecular weight is 283 g/mol. The Kier molecular flexibility index (Phi) is 3.75. The van der Waals surface area contributed by atoms with Crippen molar-refractivity contribution in [1.29, 1.82) is 0 Å². The normalized spacial score (nSPS) is 21.2. The monoisotopic (exact) mass is 283 g/mol. The van der Waals surface area contributed by atoms with Gasteiger partial charge in [-0.15, -0.1) is 0 Å². The summed E-state index contributed by atoms with van der Waals surface area (Å²) in [5.41, 5.74) is 2.65. The molecule has 0 bridgehead atoms. The Labute approximate surface area is 127 Å². The maximum Gasteiger partial charge on any atom is 0.207 e. The van der Waals surface area contributed by atoms with Crippen molar-refractivity contribution in [1.82, 2.24) is 9.55 Å². The predicted molar refractivity (Wildman–Crippen MR) is 88.0 cm³/mol. The fourth-order valence-corrected chi connectivity index (χ4v) is 3.39. The van der Waals surface area contributed by atoms with Crippen LogP contribution in [0.15, 0.2) is 36.5 Å². The minimum atomic E-state index is 0.440. The van der Waals surface area contributed by atoms with E-state index in [0.29, 0.717) is 11.5 Å². The number of nitrogens with one attached hydrogen (secondary N) is 1. The molecule has 1 unspecified atom stereocenters. The first-order valence-electron chi connectivity index (χ1n) is 7.91. The number of imidazole rings is 1. The van der Waals surface area contributed by atoms with Crippen molar-refractivity contribution < 1.29 is 0 Å². The van der Waals surface area contributed by atoms with E-state index in [-0.39, 0.29) is 0 Å². The zero-order chi connectivity index (χ0) is 14.9. The van der Waals surface area contributed by atoms with Crippen molar-refractivity contribution in [2.24, 2.45) is 5.41 Å². The van der Waals surface area contributed by atoms with Gasteiger partial charge in [0.2, 0.25) is 5.95 Å². The lowest BCUT2D eigenvalue weighted by molar-refractivity contribution is 0.229. The number of aromatic nitrogens is 2. The Morgan fingerprint density at radius 2 is 2.00 bits per heavy atom. The van der Waals surface area contributed by atoms with Gasteiger partial charge in [-0.2, -0.15) is 0 Å². The molecule has 21 heavy (non-hydrogen) atoms. The van der Waals surface area contributed by atoms with E-state index in [1.54, 1.807) is 0 Å². The van der Waals surface area contributed by atoms with Gasteiger partial charge in [0.25, 0.3) is 0 Å². The second-order valence-electron chi connectivity index (χ2n) is 7.01. The summed E-state index contributed by atoms with van der Waals surface area (Å²) in [7, 11) is 0. The van der Waals surface area contributed by atoms with Crippen LogP contribution in [-0.4, -0.2) is 15.6 Å². The number of benzene rings is 1. The number of nitrogens with zero attached hydrogens (tertiary/aromatic N) is 2. The quantitative estimate of drug-likeness (QED) is 0.894. The summed E-state index contributed by atoms with van der Waals surface area (Å²) < 4.78 is 2.16.